The number of nitrogens with zero attached hydrogens (tertiary/aromatic N) is 1. The molecular weight excluding hydrogens is 723 g/mol. The maximum atomic E-state index is 5.57. The van der Waals surface area contributed by atoms with Crippen LogP contribution in [0.25, 0.3) is 49.8 Å². The van der Waals surface area contributed by atoms with Crippen LogP contribution in [0.4, 0.5) is 0 Å². The summed E-state index contributed by atoms with van der Waals surface area (Å²) in [6.07, 6.45) is 2.25. The minimum atomic E-state index is -0.455. The second-order valence-corrected chi connectivity index (χ2v) is 16.6. The molecule has 1 aromatic heterocycles. The molecular formula is C54H37N3S. The van der Waals surface area contributed by atoms with Gasteiger partial charge in [0.15, 0.2) is 0 Å². The number of benzene rings is 8. The van der Waals surface area contributed by atoms with Gasteiger partial charge in [-0.15, -0.1) is 0 Å². The fraction of sp³-hybridized carbons (Fsp3) is 0.0556. The van der Waals surface area contributed by atoms with Gasteiger partial charge in [0.1, 0.15) is 6.17 Å². The van der Waals surface area contributed by atoms with E-state index in [9.17, 15) is 0 Å². The predicted molar refractivity (Wildman–Crippen MR) is 239 cm³/mol. The number of rotatable bonds is 4. The zero-order chi connectivity index (χ0) is 38.2. The van der Waals surface area contributed by atoms with Crippen molar-refractivity contribution in [1.29, 1.82) is 0 Å². The SMILES string of the molecule is C1=C(c2ccc3c(c2)nc(-c2ccccc2)c2ccc4c(c23)-c2ccccc2C42c3ccccc3Sc3ccccc32)NC(c2ccccc2)NC1c1ccccc1. The fourth-order valence-corrected chi connectivity index (χ4v) is 11.1. The van der Waals surface area contributed by atoms with E-state index < -0.39 is 5.41 Å². The van der Waals surface area contributed by atoms with Gasteiger partial charge in [-0.3, -0.25) is 5.32 Å². The first-order valence-corrected chi connectivity index (χ1v) is 20.9. The lowest BCUT2D eigenvalue weighted by Crippen LogP contribution is -2.39. The van der Waals surface area contributed by atoms with Gasteiger partial charge in [-0.1, -0.05) is 188 Å². The first-order chi connectivity index (χ1) is 28.8. The van der Waals surface area contributed by atoms with Crippen LogP contribution in [0.2, 0.25) is 0 Å². The molecule has 2 N–H and O–H groups in total. The molecule has 0 amide bonds. The van der Waals surface area contributed by atoms with Crippen LogP contribution in [0.1, 0.15) is 51.2 Å². The van der Waals surface area contributed by atoms with Crippen LogP contribution in [0.3, 0.4) is 0 Å². The minimum absolute atomic E-state index is 0.0261. The molecule has 2 aliphatic heterocycles. The van der Waals surface area contributed by atoms with E-state index >= 15 is 0 Å². The third-order valence-corrected chi connectivity index (χ3v) is 13.5. The van der Waals surface area contributed by atoms with Crippen LogP contribution in [0, 0.1) is 0 Å². The van der Waals surface area contributed by atoms with E-state index in [4.69, 9.17) is 4.98 Å². The van der Waals surface area contributed by atoms with Crippen LogP contribution in [0.15, 0.2) is 210 Å². The van der Waals surface area contributed by atoms with Crippen molar-refractivity contribution in [3.05, 3.63) is 239 Å². The van der Waals surface area contributed by atoms with Gasteiger partial charge in [0.25, 0.3) is 0 Å². The molecule has 4 heteroatoms. The van der Waals surface area contributed by atoms with E-state index in [1.165, 1.54) is 59.7 Å². The van der Waals surface area contributed by atoms with Crippen molar-refractivity contribution in [3.8, 4) is 22.4 Å². The third-order valence-electron chi connectivity index (χ3n) is 12.4. The van der Waals surface area contributed by atoms with Crippen LogP contribution in [0.5, 0.6) is 0 Å². The van der Waals surface area contributed by atoms with Gasteiger partial charge < -0.3 is 5.32 Å². The first-order valence-electron chi connectivity index (χ1n) is 20.0. The summed E-state index contributed by atoms with van der Waals surface area (Å²) < 4.78 is 0. The Labute approximate surface area is 342 Å². The maximum absolute atomic E-state index is 5.57. The zero-order valence-electron chi connectivity index (χ0n) is 31.6. The molecule has 8 aromatic carbocycles. The molecule has 2 atom stereocenters. The standard InChI is InChI=1S/C54H37N3S/c1-4-16-34(17-5-1)45-33-46(57-53(56-45)36-20-8-3-9-21-36)37-28-29-39-47(32-37)55-52(35-18-6-2-7-19-35)40-30-31-44-51(50(39)40)38-22-10-11-23-41(38)54(44)42-24-12-14-26-48(42)58-49-27-15-13-25-43(49)54/h1-33,45,53,56-57H. The molecule has 0 bridgehead atoms. The van der Waals surface area contributed by atoms with E-state index in [2.05, 4.69) is 211 Å². The van der Waals surface area contributed by atoms with Gasteiger partial charge in [-0.05, 0) is 74.3 Å². The molecule has 58 heavy (non-hydrogen) atoms. The zero-order valence-corrected chi connectivity index (χ0v) is 32.4. The predicted octanol–water partition coefficient (Wildman–Crippen LogP) is 12.9. The van der Waals surface area contributed by atoms with Crippen molar-refractivity contribution in [2.24, 2.45) is 0 Å². The average Bonchev–Trinajstić information content (AvgIpc) is 3.60. The van der Waals surface area contributed by atoms with Crippen molar-refractivity contribution in [2.75, 3.05) is 0 Å². The molecule has 1 aliphatic carbocycles. The van der Waals surface area contributed by atoms with Gasteiger partial charge in [-0.25, -0.2) is 4.98 Å². The van der Waals surface area contributed by atoms with E-state index in [0.717, 1.165) is 38.8 Å². The Kier molecular flexibility index (Phi) is 7.59. The van der Waals surface area contributed by atoms with E-state index in [-0.39, 0.29) is 12.2 Å². The van der Waals surface area contributed by atoms with Crippen LogP contribution in [-0.4, -0.2) is 4.98 Å². The number of nitrogens with one attached hydrogen (secondary N) is 2. The molecule has 12 rings (SSSR count). The van der Waals surface area contributed by atoms with Gasteiger partial charge in [0.2, 0.25) is 0 Å². The summed E-state index contributed by atoms with van der Waals surface area (Å²) in [6, 6.07) is 70.9. The third kappa shape index (κ3) is 4.95. The molecule has 0 fully saturated rings. The first kappa shape index (κ1) is 33.4. The molecule has 3 nitrogen and oxygen atoms in total. The average molecular weight is 760 g/mol. The highest BCUT2D eigenvalue weighted by Crippen LogP contribution is 2.63. The van der Waals surface area contributed by atoms with Gasteiger partial charge in [0, 0.05) is 37.2 Å². The quantitative estimate of drug-likeness (QED) is 0.175. The number of aromatic nitrogens is 1. The Hall–Kier alpha value is -6.72. The van der Waals surface area contributed by atoms with E-state index in [1.807, 2.05) is 11.8 Å². The molecule has 0 saturated heterocycles. The maximum Gasteiger partial charge on any atom is 0.104 e. The Balaban J connectivity index is 1.14. The van der Waals surface area contributed by atoms with Crippen LogP contribution < -0.4 is 10.6 Å². The second-order valence-electron chi connectivity index (χ2n) is 15.5. The summed E-state index contributed by atoms with van der Waals surface area (Å²) >= 11 is 1.89. The molecule has 3 aliphatic rings. The molecule has 9 aromatic rings. The molecule has 1 spiro atoms. The Bertz CT molecular complexity index is 3060. The molecule has 274 valence electrons. The van der Waals surface area contributed by atoms with Crippen molar-refractivity contribution in [1.82, 2.24) is 15.6 Å². The Morgan fingerprint density at radius 2 is 1.10 bits per heavy atom. The Morgan fingerprint density at radius 1 is 0.500 bits per heavy atom. The number of pyridine rings is 1. The van der Waals surface area contributed by atoms with Crippen molar-refractivity contribution < 1.29 is 0 Å². The number of fused-ring (bicyclic) bond motifs is 13. The lowest BCUT2D eigenvalue weighted by atomic mass is 9.67. The molecule has 2 unspecified atom stereocenters. The Morgan fingerprint density at radius 3 is 1.83 bits per heavy atom. The van der Waals surface area contributed by atoms with Gasteiger partial charge in [-0.2, -0.15) is 0 Å². The monoisotopic (exact) mass is 759 g/mol. The fourth-order valence-electron chi connectivity index (χ4n) is 9.92. The molecule has 0 saturated carbocycles. The number of hydrogen-bond acceptors (Lipinski definition) is 4. The van der Waals surface area contributed by atoms with Crippen molar-refractivity contribution in [2.45, 2.75) is 27.4 Å². The summed E-state index contributed by atoms with van der Waals surface area (Å²) in [4.78, 5) is 8.18. The highest BCUT2D eigenvalue weighted by atomic mass is 32.2. The highest BCUT2D eigenvalue weighted by Gasteiger charge is 2.50. The van der Waals surface area contributed by atoms with Crippen LogP contribution in [-0.2, 0) is 5.41 Å². The summed E-state index contributed by atoms with van der Waals surface area (Å²) in [5.74, 6) is 0. The molecule has 0 radical (unpaired) electrons. The summed E-state index contributed by atoms with van der Waals surface area (Å²) in [7, 11) is 0. The topological polar surface area (TPSA) is 37.0 Å². The lowest BCUT2D eigenvalue weighted by molar-refractivity contribution is 0.443. The normalized spacial score (nSPS) is 17.2. The summed E-state index contributed by atoms with van der Waals surface area (Å²) in [6.45, 7) is 0. The van der Waals surface area contributed by atoms with Gasteiger partial charge >= 0.3 is 0 Å². The largest absolute Gasteiger partial charge is 0.366 e. The van der Waals surface area contributed by atoms with Gasteiger partial charge in [0.05, 0.1) is 22.7 Å². The second kappa shape index (κ2) is 13.2. The van der Waals surface area contributed by atoms with Crippen molar-refractivity contribution in [3.63, 3.8) is 0 Å². The number of hydrogen-bond donors (Lipinski definition) is 2. The minimum Gasteiger partial charge on any atom is -0.366 e. The molecule has 3 heterocycles. The van der Waals surface area contributed by atoms with E-state index in [0.29, 0.717) is 0 Å². The van der Waals surface area contributed by atoms with E-state index in [1.54, 1.807) is 0 Å². The smallest absolute Gasteiger partial charge is 0.104 e. The van der Waals surface area contributed by atoms with Crippen LogP contribution >= 0.6 is 11.8 Å². The summed E-state index contributed by atoms with van der Waals surface area (Å²) in [5.41, 5.74) is 15.2. The highest BCUT2D eigenvalue weighted by molar-refractivity contribution is 7.99. The summed E-state index contributed by atoms with van der Waals surface area (Å²) in [5, 5.41) is 11.3. The lowest BCUT2D eigenvalue weighted by Gasteiger charge is -2.39. The van der Waals surface area contributed by atoms with Crippen molar-refractivity contribution >= 4 is 39.1 Å².